The van der Waals surface area contributed by atoms with Crippen LogP contribution in [-0.2, 0) is 9.53 Å². The molecule has 1 aliphatic heterocycles. The zero-order chi connectivity index (χ0) is 18.7. The molecule has 0 unspecified atom stereocenters. The number of carbonyl (C=O) groups is 1. The lowest BCUT2D eigenvalue weighted by molar-refractivity contribution is -0.140. The van der Waals surface area contributed by atoms with Crippen LogP contribution in [0.15, 0.2) is 60.7 Å². The fraction of sp³-hybridized carbons (Fsp3) is 0.381. The van der Waals surface area contributed by atoms with E-state index < -0.39 is 6.29 Å². The van der Waals surface area contributed by atoms with Crippen molar-refractivity contribution in [1.29, 1.82) is 0 Å². The maximum absolute atomic E-state index is 12.6. The van der Waals surface area contributed by atoms with Gasteiger partial charge in [-0.15, -0.1) is 12.4 Å². The van der Waals surface area contributed by atoms with Crippen molar-refractivity contribution in [3.8, 4) is 11.5 Å². The second-order valence-electron chi connectivity index (χ2n) is 6.29. The van der Waals surface area contributed by atoms with Crippen LogP contribution in [0.1, 0.15) is 6.42 Å². The van der Waals surface area contributed by atoms with Crippen LogP contribution in [0.3, 0.4) is 0 Å². The first-order valence-corrected chi connectivity index (χ1v) is 9.32. The number of hydrogen-bond donors (Lipinski definition) is 1. The van der Waals surface area contributed by atoms with Gasteiger partial charge in [0.2, 0.25) is 0 Å². The Labute approximate surface area is 172 Å². The van der Waals surface area contributed by atoms with Gasteiger partial charge in [-0.3, -0.25) is 9.69 Å². The summed E-state index contributed by atoms with van der Waals surface area (Å²) in [7, 11) is 0. The van der Waals surface area contributed by atoms with Crippen LogP contribution < -0.4 is 14.8 Å². The average Bonchev–Trinajstić information content (AvgIpc) is 2.73. The number of hydrogen-bond acceptors (Lipinski definition) is 5. The van der Waals surface area contributed by atoms with Gasteiger partial charge < -0.3 is 19.5 Å². The molecule has 1 N–H and O–H groups in total. The zero-order valence-corrected chi connectivity index (χ0v) is 16.6. The van der Waals surface area contributed by atoms with E-state index in [0.717, 1.165) is 39.3 Å². The summed E-state index contributed by atoms with van der Waals surface area (Å²) in [5.41, 5.74) is 0. The molecule has 1 saturated heterocycles. The van der Waals surface area contributed by atoms with Gasteiger partial charge in [-0.05, 0) is 37.2 Å². The van der Waals surface area contributed by atoms with Gasteiger partial charge in [0.15, 0.2) is 0 Å². The molecular weight excluding hydrogens is 380 g/mol. The Bertz CT molecular complexity index is 640. The number of nitrogens with zero attached hydrogens (tertiary/aromatic N) is 1. The second-order valence-corrected chi connectivity index (χ2v) is 6.29. The number of nitrogens with one attached hydrogen (secondary N) is 1. The Morgan fingerprint density at radius 1 is 0.964 bits per heavy atom. The highest BCUT2D eigenvalue weighted by Gasteiger charge is 2.22. The van der Waals surface area contributed by atoms with Gasteiger partial charge in [0, 0.05) is 19.6 Å². The number of ether oxygens (including phenoxy) is 3. The van der Waals surface area contributed by atoms with Gasteiger partial charge in [-0.2, -0.15) is 0 Å². The van der Waals surface area contributed by atoms with E-state index in [4.69, 9.17) is 14.2 Å². The molecule has 0 saturated carbocycles. The SMILES string of the molecule is Cl.O=C(NCCCN1CCOCC1)C(Oc1ccccc1)Oc1ccccc1. The quantitative estimate of drug-likeness (QED) is 0.512. The molecule has 28 heavy (non-hydrogen) atoms. The highest BCUT2D eigenvalue weighted by atomic mass is 35.5. The molecule has 0 spiro atoms. The molecule has 1 heterocycles. The van der Waals surface area contributed by atoms with Crippen LogP contribution in [0.4, 0.5) is 0 Å². The summed E-state index contributed by atoms with van der Waals surface area (Å²) in [4.78, 5) is 14.9. The van der Waals surface area contributed by atoms with Crippen molar-refractivity contribution in [3.05, 3.63) is 60.7 Å². The Hall–Kier alpha value is -2.28. The average molecular weight is 407 g/mol. The molecule has 2 aromatic rings. The standard InChI is InChI=1S/C21H26N2O4.ClH/c24-20(22-12-7-13-23-14-16-25-17-15-23)21(26-18-8-3-1-4-9-18)27-19-10-5-2-6-11-19;/h1-6,8-11,21H,7,12-17H2,(H,22,24);1H. The highest BCUT2D eigenvalue weighted by Crippen LogP contribution is 2.16. The number of morpholine rings is 1. The van der Waals surface area contributed by atoms with Crippen LogP contribution in [0, 0.1) is 0 Å². The Morgan fingerprint density at radius 2 is 1.50 bits per heavy atom. The Kier molecular flexibility index (Phi) is 9.62. The molecule has 0 aliphatic carbocycles. The lowest BCUT2D eigenvalue weighted by Gasteiger charge is -2.26. The molecule has 1 aliphatic rings. The predicted molar refractivity (Wildman–Crippen MR) is 110 cm³/mol. The molecule has 0 atom stereocenters. The first-order valence-electron chi connectivity index (χ1n) is 9.32. The van der Waals surface area contributed by atoms with E-state index >= 15 is 0 Å². The van der Waals surface area contributed by atoms with Gasteiger partial charge in [0.05, 0.1) is 13.2 Å². The van der Waals surface area contributed by atoms with Crippen molar-refractivity contribution < 1.29 is 19.0 Å². The first kappa shape index (κ1) is 22.0. The number of rotatable bonds is 9. The Morgan fingerprint density at radius 3 is 2.04 bits per heavy atom. The van der Waals surface area contributed by atoms with E-state index in [9.17, 15) is 4.79 Å². The predicted octanol–water partition coefficient (Wildman–Crippen LogP) is 2.73. The minimum absolute atomic E-state index is 0. The molecule has 0 radical (unpaired) electrons. The van der Waals surface area contributed by atoms with Crippen molar-refractivity contribution in [2.45, 2.75) is 12.7 Å². The van der Waals surface area contributed by atoms with E-state index in [1.54, 1.807) is 24.3 Å². The van der Waals surface area contributed by atoms with E-state index in [-0.39, 0.29) is 18.3 Å². The van der Waals surface area contributed by atoms with Crippen LogP contribution in [0.5, 0.6) is 11.5 Å². The number of halogens is 1. The van der Waals surface area contributed by atoms with Gasteiger partial charge in [-0.1, -0.05) is 36.4 Å². The lowest BCUT2D eigenvalue weighted by atomic mass is 10.3. The van der Waals surface area contributed by atoms with E-state index in [2.05, 4.69) is 10.2 Å². The summed E-state index contributed by atoms with van der Waals surface area (Å²) in [6, 6.07) is 18.4. The second kappa shape index (κ2) is 12.2. The summed E-state index contributed by atoms with van der Waals surface area (Å²) in [6.07, 6.45) is -0.173. The summed E-state index contributed by atoms with van der Waals surface area (Å²) in [5.74, 6) is 0.883. The molecule has 0 aromatic heterocycles. The van der Waals surface area contributed by atoms with Gasteiger partial charge in [0.1, 0.15) is 11.5 Å². The molecule has 1 amide bonds. The van der Waals surface area contributed by atoms with Crippen LogP contribution in [-0.4, -0.2) is 56.5 Å². The molecule has 2 aromatic carbocycles. The van der Waals surface area contributed by atoms with Crippen molar-refractivity contribution in [1.82, 2.24) is 10.2 Å². The molecular formula is C21H27ClN2O4. The summed E-state index contributed by atoms with van der Waals surface area (Å²) in [6.45, 7) is 4.97. The number of carbonyl (C=O) groups excluding carboxylic acids is 1. The summed E-state index contributed by atoms with van der Waals surface area (Å²) >= 11 is 0. The minimum atomic E-state index is -1.04. The molecule has 3 rings (SSSR count). The van der Waals surface area contributed by atoms with E-state index in [1.807, 2.05) is 36.4 Å². The Balaban J connectivity index is 0.00000280. The van der Waals surface area contributed by atoms with Gasteiger partial charge in [-0.25, -0.2) is 0 Å². The van der Waals surface area contributed by atoms with Crippen molar-refractivity contribution in [3.63, 3.8) is 0 Å². The smallest absolute Gasteiger partial charge is 0.321 e. The monoisotopic (exact) mass is 406 g/mol. The minimum Gasteiger partial charge on any atom is -0.446 e. The third kappa shape index (κ3) is 7.38. The van der Waals surface area contributed by atoms with Crippen LogP contribution in [0.25, 0.3) is 0 Å². The number of benzene rings is 2. The zero-order valence-electron chi connectivity index (χ0n) is 15.8. The van der Waals surface area contributed by atoms with Crippen LogP contribution >= 0.6 is 12.4 Å². The third-order valence-corrected chi connectivity index (χ3v) is 4.24. The number of para-hydroxylation sites is 2. The fourth-order valence-electron chi connectivity index (χ4n) is 2.80. The number of amides is 1. The van der Waals surface area contributed by atoms with Crippen molar-refractivity contribution >= 4 is 18.3 Å². The van der Waals surface area contributed by atoms with Gasteiger partial charge in [0.25, 0.3) is 0 Å². The molecule has 6 nitrogen and oxygen atoms in total. The highest BCUT2D eigenvalue weighted by molar-refractivity contribution is 5.85. The fourth-order valence-corrected chi connectivity index (χ4v) is 2.80. The third-order valence-electron chi connectivity index (χ3n) is 4.24. The molecule has 7 heteroatoms. The lowest BCUT2D eigenvalue weighted by Crippen LogP contribution is -2.43. The van der Waals surface area contributed by atoms with E-state index in [0.29, 0.717) is 18.0 Å². The summed E-state index contributed by atoms with van der Waals surface area (Å²) < 4.78 is 16.9. The maximum atomic E-state index is 12.6. The topological polar surface area (TPSA) is 60.0 Å². The maximum Gasteiger partial charge on any atom is 0.321 e. The normalized spacial score (nSPS) is 14.2. The first-order chi connectivity index (χ1) is 13.3. The van der Waals surface area contributed by atoms with Crippen LogP contribution in [0.2, 0.25) is 0 Å². The molecule has 152 valence electrons. The van der Waals surface area contributed by atoms with Crippen molar-refractivity contribution in [2.75, 3.05) is 39.4 Å². The largest absolute Gasteiger partial charge is 0.446 e. The molecule has 1 fully saturated rings. The van der Waals surface area contributed by atoms with Gasteiger partial charge >= 0.3 is 12.2 Å². The summed E-state index contributed by atoms with van der Waals surface area (Å²) in [5, 5.41) is 2.92. The molecule has 0 bridgehead atoms. The van der Waals surface area contributed by atoms with E-state index in [1.165, 1.54) is 0 Å². The van der Waals surface area contributed by atoms with Crippen molar-refractivity contribution in [2.24, 2.45) is 0 Å².